The van der Waals surface area contributed by atoms with Crippen molar-refractivity contribution in [2.75, 3.05) is 37.2 Å². The number of sulfonamides is 1. The fourth-order valence-electron chi connectivity index (χ4n) is 3.50. The third-order valence-corrected chi connectivity index (χ3v) is 6.81. The van der Waals surface area contributed by atoms with E-state index in [0.717, 1.165) is 30.0 Å². The molecule has 1 unspecified atom stereocenters. The van der Waals surface area contributed by atoms with E-state index < -0.39 is 10.0 Å². The Kier molecular flexibility index (Phi) is 10.1. The van der Waals surface area contributed by atoms with Crippen LogP contribution in [0.1, 0.15) is 25.0 Å². The number of hydrogen-bond donors (Lipinski definition) is 2. The van der Waals surface area contributed by atoms with Crippen LogP contribution in [0.25, 0.3) is 0 Å². The van der Waals surface area contributed by atoms with E-state index in [4.69, 9.17) is 19.4 Å². The molecule has 0 radical (unpaired) electrons. The average Bonchev–Trinajstić information content (AvgIpc) is 2.78. The van der Waals surface area contributed by atoms with Gasteiger partial charge in [0, 0.05) is 13.1 Å². The molecule has 0 bridgehead atoms. The molecule has 182 valence electrons. The molecule has 0 amide bonds. The van der Waals surface area contributed by atoms with Gasteiger partial charge in [0.05, 0.1) is 29.8 Å². The van der Waals surface area contributed by atoms with Crippen LogP contribution in [-0.4, -0.2) is 58.9 Å². The summed E-state index contributed by atoms with van der Waals surface area (Å²) < 4.78 is 39.7. The number of nitrogens with zero attached hydrogens (tertiary/aromatic N) is 1. The molecule has 1 aliphatic rings. The Morgan fingerprint density at radius 2 is 1.88 bits per heavy atom. The smallest absolute Gasteiger partial charge is 0.290 e. The Balaban J connectivity index is 0.00000122. The summed E-state index contributed by atoms with van der Waals surface area (Å²) in [5, 5.41) is 10.2. The van der Waals surface area contributed by atoms with Crippen LogP contribution in [0, 0.1) is 19.8 Å². The number of rotatable bonds is 8. The molecule has 1 aliphatic heterocycles. The lowest BCUT2D eigenvalue weighted by Crippen LogP contribution is -2.44. The minimum Gasteiger partial charge on any atom is -0.492 e. The molecular formula is C24H34N2O6S. The van der Waals surface area contributed by atoms with E-state index in [0.29, 0.717) is 25.5 Å². The maximum atomic E-state index is 13.5. The first kappa shape index (κ1) is 26.6. The van der Waals surface area contributed by atoms with Crippen LogP contribution in [0.15, 0.2) is 47.4 Å². The van der Waals surface area contributed by atoms with Crippen LogP contribution < -0.4 is 14.4 Å². The van der Waals surface area contributed by atoms with Gasteiger partial charge in [-0.15, -0.1) is 0 Å². The normalized spacial score (nSPS) is 16.0. The number of morpholine rings is 1. The summed E-state index contributed by atoms with van der Waals surface area (Å²) in [7, 11) is -3.69. The van der Waals surface area contributed by atoms with Gasteiger partial charge in [0.2, 0.25) is 0 Å². The summed E-state index contributed by atoms with van der Waals surface area (Å²) in [6.07, 6.45) is 0. The summed E-state index contributed by atoms with van der Waals surface area (Å²) in [5.41, 5.74) is 2.77. The summed E-state index contributed by atoms with van der Waals surface area (Å²) in [6, 6.07) is 12.7. The number of hydrogen-bond acceptors (Lipinski definition) is 6. The van der Waals surface area contributed by atoms with Gasteiger partial charge in [0.1, 0.15) is 12.4 Å². The summed E-state index contributed by atoms with van der Waals surface area (Å²) in [6.45, 7) is 10.8. The molecule has 3 rings (SSSR count). The molecule has 1 fully saturated rings. The monoisotopic (exact) mass is 478 g/mol. The molecule has 1 heterocycles. The lowest BCUT2D eigenvalue weighted by molar-refractivity contribution is -0.122. The van der Waals surface area contributed by atoms with E-state index in [-0.39, 0.29) is 23.3 Å². The van der Waals surface area contributed by atoms with E-state index >= 15 is 0 Å². The molecule has 1 saturated heterocycles. The standard InChI is InChI=1S/C23H32N2O4S.CH2O2/c1-17(2)14-25(23-10-5-18(3)13-19(23)4)30(26,27)22-8-6-21(7-9-22)29-16-20-15-28-12-11-24-20;2-1-3/h5-10,13,17,20,24H,11-12,14-16H2,1-4H3;1H,(H,2,3). The van der Waals surface area contributed by atoms with Crippen molar-refractivity contribution in [1.82, 2.24) is 5.32 Å². The maximum absolute atomic E-state index is 13.5. The fourth-order valence-corrected chi connectivity index (χ4v) is 5.19. The Morgan fingerprint density at radius 3 is 2.42 bits per heavy atom. The van der Waals surface area contributed by atoms with Gasteiger partial charge in [-0.1, -0.05) is 31.5 Å². The van der Waals surface area contributed by atoms with Gasteiger partial charge in [-0.05, 0) is 55.7 Å². The minimum absolute atomic E-state index is 0.146. The third kappa shape index (κ3) is 7.73. The Labute approximate surface area is 196 Å². The van der Waals surface area contributed by atoms with E-state index in [2.05, 4.69) is 5.32 Å². The second-order valence-corrected chi connectivity index (χ2v) is 10.2. The first-order valence-corrected chi connectivity index (χ1v) is 12.3. The van der Waals surface area contributed by atoms with Crippen LogP contribution >= 0.6 is 0 Å². The highest BCUT2D eigenvalue weighted by Gasteiger charge is 2.27. The molecule has 2 N–H and O–H groups in total. The van der Waals surface area contributed by atoms with E-state index in [1.165, 1.54) is 4.31 Å². The van der Waals surface area contributed by atoms with Crippen LogP contribution in [-0.2, 0) is 19.6 Å². The predicted octanol–water partition coefficient (Wildman–Crippen LogP) is 3.22. The third-order valence-electron chi connectivity index (χ3n) is 5.01. The fraction of sp³-hybridized carbons (Fsp3) is 0.458. The number of nitrogens with one attached hydrogen (secondary N) is 1. The highest BCUT2D eigenvalue weighted by atomic mass is 32.2. The number of aryl methyl sites for hydroxylation is 2. The summed E-state index contributed by atoms with van der Waals surface area (Å²) >= 11 is 0. The Hall–Kier alpha value is -2.62. The van der Waals surface area contributed by atoms with E-state index in [9.17, 15) is 8.42 Å². The van der Waals surface area contributed by atoms with Crippen LogP contribution in [0.5, 0.6) is 5.75 Å². The van der Waals surface area contributed by atoms with Gasteiger partial charge in [0.25, 0.3) is 16.5 Å². The van der Waals surface area contributed by atoms with Gasteiger partial charge in [-0.2, -0.15) is 0 Å². The molecule has 0 aromatic heterocycles. The molecule has 2 aromatic rings. The van der Waals surface area contributed by atoms with Gasteiger partial charge >= 0.3 is 0 Å². The summed E-state index contributed by atoms with van der Waals surface area (Å²) in [5.74, 6) is 0.830. The molecule has 1 atom stereocenters. The van der Waals surface area contributed by atoms with E-state index in [1.807, 2.05) is 45.9 Å². The second-order valence-electron chi connectivity index (χ2n) is 8.33. The van der Waals surface area contributed by atoms with Gasteiger partial charge in [-0.3, -0.25) is 9.10 Å². The van der Waals surface area contributed by atoms with Crippen LogP contribution in [0.4, 0.5) is 5.69 Å². The molecule has 9 heteroatoms. The zero-order chi connectivity index (χ0) is 24.4. The molecule has 2 aromatic carbocycles. The summed E-state index contributed by atoms with van der Waals surface area (Å²) in [4.78, 5) is 8.62. The number of anilines is 1. The van der Waals surface area contributed by atoms with Gasteiger partial charge in [0.15, 0.2) is 0 Å². The number of ether oxygens (including phenoxy) is 2. The van der Waals surface area contributed by atoms with Crippen molar-refractivity contribution >= 4 is 22.2 Å². The van der Waals surface area contributed by atoms with Crippen molar-refractivity contribution < 1.29 is 27.8 Å². The van der Waals surface area contributed by atoms with Crippen LogP contribution in [0.3, 0.4) is 0 Å². The molecule has 33 heavy (non-hydrogen) atoms. The van der Waals surface area contributed by atoms with Crippen molar-refractivity contribution in [3.8, 4) is 5.75 Å². The topological polar surface area (TPSA) is 105 Å². The lowest BCUT2D eigenvalue weighted by Gasteiger charge is -2.28. The SMILES string of the molecule is Cc1ccc(N(CC(C)C)S(=O)(=O)c2ccc(OCC3COCCN3)cc2)c(C)c1.O=CO. The quantitative estimate of drug-likeness (QED) is 0.561. The number of carboxylic acid groups (broad SMARTS) is 1. The highest BCUT2D eigenvalue weighted by molar-refractivity contribution is 7.92. The van der Waals surface area contributed by atoms with E-state index in [1.54, 1.807) is 24.3 Å². The molecule has 0 spiro atoms. The first-order valence-electron chi connectivity index (χ1n) is 10.9. The lowest BCUT2D eigenvalue weighted by atomic mass is 10.1. The van der Waals surface area contributed by atoms with Crippen molar-refractivity contribution in [2.24, 2.45) is 5.92 Å². The van der Waals surface area contributed by atoms with Crippen molar-refractivity contribution in [1.29, 1.82) is 0 Å². The molecule has 8 nitrogen and oxygen atoms in total. The molecular weight excluding hydrogens is 444 g/mol. The zero-order valence-electron chi connectivity index (χ0n) is 19.7. The zero-order valence-corrected chi connectivity index (χ0v) is 20.5. The number of benzene rings is 2. The first-order chi connectivity index (χ1) is 15.7. The Morgan fingerprint density at radius 1 is 1.21 bits per heavy atom. The largest absolute Gasteiger partial charge is 0.492 e. The van der Waals surface area contributed by atoms with Gasteiger partial charge < -0.3 is 19.9 Å². The van der Waals surface area contributed by atoms with Crippen molar-refractivity contribution in [3.63, 3.8) is 0 Å². The average molecular weight is 479 g/mol. The minimum atomic E-state index is -3.69. The van der Waals surface area contributed by atoms with Crippen molar-refractivity contribution in [2.45, 2.75) is 38.6 Å². The van der Waals surface area contributed by atoms with Crippen LogP contribution in [0.2, 0.25) is 0 Å². The van der Waals surface area contributed by atoms with Crippen molar-refractivity contribution in [3.05, 3.63) is 53.6 Å². The molecule has 0 aliphatic carbocycles. The number of carbonyl (C=O) groups is 1. The second kappa shape index (κ2) is 12.6. The Bertz CT molecular complexity index is 987. The predicted molar refractivity (Wildman–Crippen MR) is 129 cm³/mol. The highest BCUT2D eigenvalue weighted by Crippen LogP contribution is 2.29. The molecule has 0 saturated carbocycles. The maximum Gasteiger partial charge on any atom is 0.290 e. The van der Waals surface area contributed by atoms with Gasteiger partial charge in [-0.25, -0.2) is 8.42 Å².